The van der Waals surface area contributed by atoms with Gasteiger partial charge in [0.1, 0.15) is 5.75 Å². The van der Waals surface area contributed by atoms with Gasteiger partial charge in [0, 0.05) is 17.8 Å². The highest BCUT2D eigenvalue weighted by molar-refractivity contribution is 6.32. The lowest BCUT2D eigenvalue weighted by Crippen LogP contribution is -2.39. The minimum atomic E-state index is -0.0678. The van der Waals surface area contributed by atoms with E-state index in [4.69, 9.17) is 25.8 Å². The summed E-state index contributed by atoms with van der Waals surface area (Å²) in [7, 11) is 4.81. The van der Waals surface area contributed by atoms with Crippen LogP contribution in [-0.2, 0) is 4.79 Å². The molecule has 7 heteroatoms. The standard InChI is InChI=1S/C22H27ClN2O4.C2H6/c1-27-19-10-7-15(12-21(19)29-3)18-6-4-5-11-25(18)14-22(26)24-16-8-9-17(23)20(13-16)28-2;1-2/h7-10,12-13,18H,4-6,11,14H2,1-3H3,(H,24,26);1-2H3. The van der Waals surface area contributed by atoms with Crippen LogP contribution in [0.2, 0.25) is 5.02 Å². The zero-order chi connectivity index (χ0) is 22.8. The van der Waals surface area contributed by atoms with Crippen molar-refractivity contribution < 1.29 is 19.0 Å². The van der Waals surface area contributed by atoms with Crippen LogP contribution in [0, 0.1) is 0 Å². The molecule has 0 saturated carbocycles. The maximum Gasteiger partial charge on any atom is 0.238 e. The zero-order valence-electron chi connectivity index (χ0n) is 19.0. The van der Waals surface area contributed by atoms with E-state index in [1.54, 1.807) is 39.5 Å². The van der Waals surface area contributed by atoms with Gasteiger partial charge in [0.15, 0.2) is 11.5 Å². The molecular weight excluding hydrogens is 416 g/mol. The van der Waals surface area contributed by atoms with Crippen LogP contribution < -0.4 is 19.5 Å². The fourth-order valence-electron chi connectivity index (χ4n) is 3.74. The third-order valence-corrected chi connectivity index (χ3v) is 5.50. The number of hydrogen-bond donors (Lipinski definition) is 1. The Morgan fingerprint density at radius 3 is 2.39 bits per heavy atom. The summed E-state index contributed by atoms with van der Waals surface area (Å²) in [5, 5.41) is 3.45. The van der Waals surface area contributed by atoms with Gasteiger partial charge in [-0.2, -0.15) is 0 Å². The van der Waals surface area contributed by atoms with Crippen LogP contribution in [0.1, 0.15) is 44.7 Å². The highest BCUT2D eigenvalue weighted by Crippen LogP contribution is 2.36. The summed E-state index contributed by atoms with van der Waals surface area (Å²) in [5.41, 5.74) is 1.79. The highest BCUT2D eigenvalue weighted by Gasteiger charge is 2.26. The van der Waals surface area contributed by atoms with Crippen molar-refractivity contribution in [3.8, 4) is 17.2 Å². The van der Waals surface area contributed by atoms with Gasteiger partial charge >= 0.3 is 0 Å². The van der Waals surface area contributed by atoms with E-state index in [-0.39, 0.29) is 11.9 Å². The fourth-order valence-corrected chi connectivity index (χ4v) is 3.94. The summed E-state index contributed by atoms with van der Waals surface area (Å²) in [6, 6.07) is 11.3. The predicted molar refractivity (Wildman–Crippen MR) is 126 cm³/mol. The molecule has 1 saturated heterocycles. The first-order valence-corrected chi connectivity index (χ1v) is 11.0. The molecule has 0 bridgehead atoms. The largest absolute Gasteiger partial charge is 0.495 e. The number of piperidine rings is 1. The van der Waals surface area contributed by atoms with E-state index in [0.717, 1.165) is 31.4 Å². The molecule has 31 heavy (non-hydrogen) atoms. The number of carbonyl (C=O) groups is 1. The summed E-state index contributed by atoms with van der Waals surface area (Å²) in [5.74, 6) is 1.87. The van der Waals surface area contributed by atoms with Gasteiger partial charge in [-0.25, -0.2) is 0 Å². The molecular formula is C24H33ClN2O4. The smallest absolute Gasteiger partial charge is 0.238 e. The lowest BCUT2D eigenvalue weighted by Gasteiger charge is -2.35. The number of ether oxygens (including phenoxy) is 3. The van der Waals surface area contributed by atoms with Crippen molar-refractivity contribution in [3.63, 3.8) is 0 Å². The van der Waals surface area contributed by atoms with Gasteiger partial charge in [-0.3, -0.25) is 9.69 Å². The maximum atomic E-state index is 12.7. The predicted octanol–water partition coefficient (Wildman–Crippen LogP) is 5.56. The molecule has 6 nitrogen and oxygen atoms in total. The third kappa shape index (κ3) is 6.52. The van der Waals surface area contributed by atoms with E-state index in [1.165, 1.54) is 0 Å². The van der Waals surface area contributed by atoms with E-state index < -0.39 is 0 Å². The number of benzene rings is 2. The van der Waals surface area contributed by atoms with Crippen LogP contribution >= 0.6 is 11.6 Å². The van der Waals surface area contributed by atoms with Crippen molar-refractivity contribution in [1.82, 2.24) is 4.90 Å². The lowest BCUT2D eigenvalue weighted by molar-refractivity contribution is -0.118. The van der Waals surface area contributed by atoms with Crippen molar-refractivity contribution in [1.29, 1.82) is 0 Å². The average Bonchev–Trinajstić information content (AvgIpc) is 2.81. The number of nitrogens with zero attached hydrogens (tertiary/aromatic N) is 1. The Morgan fingerprint density at radius 2 is 1.71 bits per heavy atom. The number of rotatable bonds is 7. The van der Waals surface area contributed by atoms with E-state index in [0.29, 0.717) is 34.5 Å². The average molecular weight is 449 g/mol. The van der Waals surface area contributed by atoms with Crippen molar-refractivity contribution in [2.75, 3.05) is 39.7 Å². The maximum absolute atomic E-state index is 12.7. The number of nitrogens with one attached hydrogen (secondary N) is 1. The summed E-state index contributed by atoms with van der Waals surface area (Å²) in [4.78, 5) is 14.9. The highest BCUT2D eigenvalue weighted by atomic mass is 35.5. The molecule has 1 aliphatic rings. The van der Waals surface area contributed by atoms with Crippen LogP contribution in [-0.4, -0.2) is 45.2 Å². The van der Waals surface area contributed by atoms with Gasteiger partial charge in [-0.05, 0) is 49.2 Å². The molecule has 2 aromatic rings. The molecule has 1 atom stereocenters. The van der Waals surface area contributed by atoms with Crippen molar-refractivity contribution in [2.24, 2.45) is 0 Å². The van der Waals surface area contributed by atoms with Gasteiger partial charge in [0.2, 0.25) is 5.91 Å². The number of likely N-dealkylation sites (tertiary alicyclic amines) is 1. The first-order chi connectivity index (χ1) is 15.0. The minimum absolute atomic E-state index is 0.0678. The number of anilines is 1. The van der Waals surface area contributed by atoms with E-state index in [1.807, 2.05) is 32.0 Å². The molecule has 1 aliphatic heterocycles. The molecule has 0 aromatic heterocycles. The van der Waals surface area contributed by atoms with E-state index in [9.17, 15) is 4.79 Å². The van der Waals surface area contributed by atoms with Crippen molar-refractivity contribution >= 4 is 23.2 Å². The molecule has 0 radical (unpaired) electrons. The van der Waals surface area contributed by atoms with Crippen LogP contribution in [0.5, 0.6) is 17.2 Å². The molecule has 2 aromatic carbocycles. The third-order valence-electron chi connectivity index (χ3n) is 5.19. The molecule has 1 N–H and O–H groups in total. The summed E-state index contributed by atoms with van der Waals surface area (Å²) in [6.07, 6.45) is 3.20. The monoisotopic (exact) mass is 448 g/mol. The second-order valence-corrected chi connectivity index (χ2v) is 7.40. The normalized spacial score (nSPS) is 16.0. The number of methoxy groups -OCH3 is 3. The van der Waals surface area contributed by atoms with Crippen molar-refractivity contribution in [2.45, 2.75) is 39.2 Å². The van der Waals surface area contributed by atoms with Crippen LogP contribution in [0.3, 0.4) is 0 Å². The number of carbonyl (C=O) groups excluding carboxylic acids is 1. The van der Waals surface area contributed by atoms with Gasteiger partial charge in [0.25, 0.3) is 0 Å². The summed E-state index contributed by atoms with van der Waals surface area (Å²) >= 11 is 6.06. The van der Waals surface area contributed by atoms with Gasteiger partial charge in [-0.1, -0.05) is 37.9 Å². The molecule has 0 aliphatic carbocycles. The first kappa shape index (κ1) is 24.8. The molecule has 1 unspecified atom stereocenters. The minimum Gasteiger partial charge on any atom is -0.495 e. The van der Waals surface area contributed by atoms with Gasteiger partial charge < -0.3 is 19.5 Å². The molecule has 1 fully saturated rings. The van der Waals surface area contributed by atoms with Gasteiger partial charge in [-0.15, -0.1) is 0 Å². The number of halogens is 1. The van der Waals surface area contributed by atoms with Crippen LogP contribution in [0.25, 0.3) is 0 Å². The molecule has 1 heterocycles. The Labute approximate surface area is 190 Å². The first-order valence-electron chi connectivity index (χ1n) is 10.6. The van der Waals surface area contributed by atoms with Crippen LogP contribution in [0.4, 0.5) is 5.69 Å². The topological polar surface area (TPSA) is 60.0 Å². The Bertz CT molecular complexity index is 859. The SMILES string of the molecule is CC.COc1cc(NC(=O)CN2CCCCC2c2ccc(OC)c(OC)c2)ccc1Cl. The Hall–Kier alpha value is -2.44. The molecule has 0 spiro atoms. The molecule has 170 valence electrons. The number of amides is 1. The van der Waals surface area contributed by atoms with Crippen LogP contribution in [0.15, 0.2) is 36.4 Å². The quantitative estimate of drug-likeness (QED) is 0.601. The second kappa shape index (κ2) is 12.4. The summed E-state index contributed by atoms with van der Waals surface area (Å²) in [6.45, 7) is 5.18. The fraction of sp³-hybridized carbons (Fsp3) is 0.458. The van der Waals surface area contributed by atoms with Crippen molar-refractivity contribution in [3.05, 3.63) is 47.0 Å². The molecule has 3 rings (SSSR count). The summed E-state index contributed by atoms with van der Waals surface area (Å²) < 4.78 is 16.0. The van der Waals surface area contributed by atoms with E-state index in [2.05, 4.69) is 10.2 Å². The Morgan fingerprint density at radius 1 is 1.00 bits per heavy atom. The van der Waals surface area contributed by atoms with Gasteiger partial charge in [0.05, 0.1) is 32.9 Å². The Balaban J connectivity index is 0.00000166. The number of hydrogen-bond acceptors (Lipinski definition) is 5. The lowest BCUT2D eigenvalue weighted by atomic mass is 9.95. The second-order valence-electron chi connectivity index (χ2n) is 6.99. The Kier molecular flexibility index (Phi) is 9.95. The zero-order valence-corrected chi connectivity index (χ0v) is 19.8. The van der Waals surface area contributed by atoms with E-state index >= 15 is 0 Å². The molecule has 1 amide bonds.